The summed E-state index contributed by atoms with van der Waals surface area (Å²) < 4.78 is 0. The van der Waals surface area contributed by atoms with Gasteiger partial charge in [0.25, 0.3) is 0 Å². The highest BCUT2D eigenvalue weighted by Crippen LogP contribution is 2.54. The van der Waals surface area contributed by atoms with Gasteiger partial charge in [-0.2, -0.15) is 0 Å². The molecule has 0 bridgehead atoms. The van der Waals surface area contributed by atoms with Crippen molar-refractivity contribution in [3.05, 3.63) is 65.5 Å². The molecule has 2 N–H and O–H groups in total. The third kappa shape index (κ3) is 1.88. The number of carbonyl (C=O) groups excluding carboxylic acids is 1. The van der Waals surface area contributed by atoms with Gasteiger partial charge in [-0.3, -0.25) is 9.78 Å². The number of amides is 1. The van der Waals surface area contributed by atoms with Crippen LogP contribution >= 0.6 is 0 Å². The summed E-state index contributed by atoms with van der Waals surface area (Å²) in [6.07, 6.45) is 2.85. The Morgan fingerprint density at radius 2 is 1.89 bits per heavy atom. The van der Waals surface area contributed by atoms with Gasteiger partial charge in [0.1, 0.15) is 0 Å². The fourth-order valence-corrected chi connectivity index (χ4v) is 2.51. The molecule has 2 atom stereocenters. The summed E-state index contributed by atoms with van der Waals surface area (Å²) >= 11 is 0. The first kappa shape index (κ1) is 11.0. The SMILES string of the molecule is NC(=O)c1ccccc1C1CC1c1ccccn1. The first-order valence-electron chi connectivity index (χ1n) is 6.07. The van der Waals surface area contributed by atoms with Gasteiger partial charge in [-0.1, -0.05) is 24.3 Å². The van der Waals surface area contributed by atoms with Crippen molar-refractivity contribution in [3.8, 4) is 0 Å². The van der Waals surface area contributed by atoms with E-state index < -0.39 is 0 Å². The van der Waals surface area contributed by atoms with E-state index in [0.29, 0.717) is 17.4 Å². The molecule has 3 nitrogen and oxygen atoms in total. The molecule has 1 aliphatic carbocycles. The number of primary amides is 1. The number of aromatic nitrogens is 1. The number of rotatable bonds is 3. The van der Waals surface area contributed by atoms with Gasteiger partial charge in [0.15, 0.2) is 0 Å². The Kier molecular flexibility index (Phi) is 2.59. The number of carbonyl (C=O) groups is 1. The number of pyridine rings is 1. The van der Waals surface area contributed by atoms with E-state index in [4.69, 9.17) is 5.73 Å². The van der Waals surface area contributed by atoms with Crippen molar-refractivity contribution >= 4 is 5.91 Å². The smallest absolute Gasteiger partial charge is 0.248 e. The molecule has 90 valence electrons. The van der Waals surface area contributed by atoms with E-state index in [0.717, 1.165) is 17.7 Å². The highest BCUT2D eigenvalue weighted by Gasteiger charge is 2.41. The minimum absolute atomic E-state index is 0.350. The number of hydrogen-bond acceptors (Lipinski definition) is 2. The molecule has 2 aromatic rings. The summed E-state index contributed by atoms with van der Waals surface area (Å²) in [6, 6.07) is 13.5. The minimum Gasteiger partial charge on any atom is -0.366 e. The number of benzene rings is 1. The van der Waals surface area contributed by atoms with E-state index >= 15 is 0 Å². The quantitative estimate of drug-likeness (QED) is 0.893. The molecule has 0 radical (unpaired) electrons. The fourth-order valence-electron chi connectivity index (χ4n) is 2.51. The Hall–Kier alpha value is -2.16. The van der Waals surface area contributed by atoms with Crippen LogP contribution in [0, 0.1) is 0 Å². The van der Waals surface area contributed by atoms with Crippen LogP contribution in [0.5, 0.6) is 0 Å². The Balaban J connectivity index is 1.89. The van der Waals surface area contributed by atoms with Crippen molar-refractivity contribution in [1.29, 1.82) is 0 Å². The minimum atomic E-state index is -0.350. The van der Waals surface area contributed by atoms with Crippen LogP contribution < -0.4 is 5.73 Å². The lowest BCUT2D eigenvalue weighted by Gasteiger charge is -2.05. The van der Waals surface area contributed by atoms with Crippen LogP contribution in [0.25, 0.3) is 0 Å². The molecule has 3 rings (SSSR count). The fraction of sp³-hybridized carbons (Fsp3) is 0.200. The number of hydrogen-bond donors (Lipinski definition) is 1. The molecule has 1 aliphatic rings. The van der Waals surface area contributed by atoms with Gasteiger partial charge >= 0.3 is 0 Å². The maximum atomic E-state index is 11.4. The molecular formula is C15H14N2O. The van der Waals surface area contributed by atoms with E-state index in [9.17, 15) is 4.79 Å². The topological polar surface area (TPSA) is 56.0 Å². The van der Waals surface area contributed by atoms with Crippen LogP contribution in [-0.2, 0) is 0 Å². The predicted molar refractivity (Wildman–Crippen MR) is 69.3 cm³/mol. The Morgan fingerprint density at radius 1 is 1.11 bits per heavy atom. The monoisotopic (exact) mass is 238 g/mol. The Bertz CT molecular complexity index is 580. The average Bonchev–Trinajstić information content (AvgIpc) is 3.20. The summed E-state index contributed by atoms with van der Waals surface area (Å²) in [5, 5.41) is 0. The van der Waals surface area contributed by atoms with Crippen LogP contribution in [0.2, 0.25) is 0 Å². The Labute approximate surface area is 106 Å². The molecule has 0 aliphatic heterocycles. The second-order valence-electron chi connectivity index (χ2n) is 4.65. The number of nitrogens with zero attached hydrogens (tertiary/aromatic N) is 1. The highest BCUT2D eigenvalue weighted by atomic mass is 16.1. The van der Waals surface area contributed by atoms with E-state index in [1.807, 2.05) is 42.6 Å². The molecule has 0 saturated heterocycles. The van der Waals surface area contributed by atoms with Crippen LogP contribution in [0.1, 0.15) is 39.9 Å². The lowest BCUT2D eigenvalue weighted by atomic mass is 10.0. The van der Waals surface area contributed by atoms with Crippen LogP contribution in [0.15, 0.2) is 48.7 Å². The Morgan fingerprint density at radius 3 is 2.61 bits per heavy atom. The van der Waals surface area contributed by atoms with Crippen LogP contribution in [-0.4, -0.2) is 10.9 Å². The third-order valence-corrected chi connectivity index (χ3v) is 3.48. The normalized spacial score (nSPS) is 21.6. The second kappa shape index (κ2) is 4.26. The predicted octanol–water partition coefficient (Wildman–Crippen LogP) is 2.45. The maximum Gasteiger partial charge on any atom is 0.248 e. The molecule has 1 fully saturated rings. The zero-order valence-corrected chi connectivity index (χ0v) is 9.91. The standard InChI is InChI=1S/C15H14N2O/c16-15(18)11-6-2-1-5-10(11)12-9-13(12)14-7-3-4-8-17-14/h1-8,12-13H,9H2,(H2,16,18). The molecule has 1 heterocycles. The summed E-state index contributed by atoms with van der Waals surface area (Å²) in [5.41, 5.74) is 8.20. The first-order chi connectivity index (χ1) is 8.77. The molecule has 18 heavy (non-hydrogen) atoms. The molecule has 1 amide bonds. The third-order valence-electron chi connectivity index (χ3n) is 3.48. The molecular weight excluding hydrogens is 224 g/mol. The summed E-state index contributed by atoms with van der Waals surface area (Å²) in [7, 11) is 0. The maximum absolute atomic E-state index is 11.4. The van der Waals surface area contributed by atoms with Crippen molar-refractivity contribution in [2.45, 2.75) is 18.3 Å². The van der Waals surface area contributed by atoms with Gasteiger partial charge in [0.05, 0.1) is 0 Å². The summed E-state index contributed by atoms with van der Waals surface area (Å²) in [5.74, 6) is 0.451. The van der Waals surface area contributed by atoms with Crippen LogP contribution in [0.3, 0.4) is 0 Å². The highest BCUT2D eigenvalue weighted by molar-refractivity contribution is 5.94. The largest absolute Gasteiger partial charge is 0.366 e. The first-order valence-corrected chi connectivity index (χ1v) is 6.07. The molecule has 0 spiro atoms. The van der Waals surface area contributed by atoms with Gasteiger partial charge in [-0.25, -0.2) is 0 Å². The number of nitrogens with two attached hydrogens (primary N) is 1. The average molecular weight is 238 g/mol. The zero-order chi connectivity index (χ0) is 12.5. The lowest BCUT2D eigenvalue weighted by Crippen LogP contribution is -2.13. The molecule has 1 aromatic heterocycles. The molecule has 3 heteroatoms. The van der Waals surface area contributed by atoms with Gasteiger partial charge in [0, 0.05) is 23.4 Å². The molecule has 1 saturated carbocycles. The van der Waals surface area contributed by atoms with Gasteiger partial charge < -0.3 is 5.73 Å². The zero-order valence-electron chi connectivity index (χ0n) is 9.91. The van der Waals surface area contributed by atoms with E-state index in [2.05, 4.69) is 4.98 Å². The van der Waals surface area contributed by atoms with Crippen molar-refractivity contribution in [2.24, 2.45) is 5.73 Å². The van der Waals surface area contributed by atoms with Gasteiger partial charge in [-0.15, -0.1) is 0 Å². The van der Waals surface area contributed by atoms with E-state index in [-0.39, 0.29) is 5.91 Å². The van der Waals surface area contributed by atoms with Gasteiger partial charge in [0.2, 0.25) is 5.91 Å². The van der Waals surface area contributed by atoms with E-state index in [1.54, 1.807) is 6.07 Å². The molecule has 1 aromatic carbocycles. The van der Waals surface area contributed by atoms with Crippen molar-refractivity contribution in [2.75, 3.05) is 0 Å². The molecule has 2 unspecified atom stereocenters. The summed E-state index contributed by atoms with van der Waals surface area (Å²) in [6.45, 7) is 0. The lowest BCUT2D eigenvalue weighted by molar-refractivity contribution is 0.0999. The summed E-state index contributed by atoms with van der Waals surface area (Å²) in [4.78, 5) is 15.8. The second-order valence-corrected chi connectivity index (χ2v) is 4.65. The van der Waals surface area contributed by atoms with E-state index in [1.165, 1.54) is 0 Å². The van der Waals surface area contributed by atoms with Crippen molar-refractivity contribution in [3.63, 3.8) is 0 Å². The van der Waals surface area contributed by atoms with Crippen molar-refractivity contribution < 1.29 is 4.79 Å². The van der Waals surface area contributed by atoms with Crippen molar-refractivity contribution in [1.82, 2.24) is 4.98 Å². The van der Waals surface area contributed by atoms with Gasteiger partial charge in [-0.05, 0) is 36.1 Å². The van der Waals surface area contributed by atoms with Crippen LogP contribution in [0.4, 0.5) is 0 Å².